The standard InChI is InChI=1S/C24H19NO.2ClH.Ti/c1-17-14-19(16-25-20-10-3-2-4-11-20)24(26)23(15-17)22-13-7-9-18-8-5-6-12-21(18)22;;;/h2-16,26H,1H3;2*1H;/q;;;+2/p-2. The van der Waals surface area contributed by atoms with E-state index >= 15 is 0 Å². The summed E-state index contributed by atoms with van der Waals surface area (Å²) in [7, 11) is 9.78. The summed E-state index contributed by atoms with van der Waals surface area (Å²) in [5, 5.41) is 13.2. The molecule has 0 fully saturated rings. The van der Waals surface area contributed by atoms with E-state index in [2.05, 4.69) is 29.3 Å². The Balaban J connectivity index is 0.000000755. The van der Waals surface area contributed by atoms with Crippen molar-refractivity contribution in [3.63, 3.8) is 0 Å². The predicted octanol–water partition coefficient (Wildman–Crippen LogP) is 7.65. The van der Waals surface area contributed by atoms with Crippen LogP contribution in [0, 0.1) is 6.92 Å². The van der Waals surface area contributed by atoms with Crippen LogP contribution in [0.3, 0.4) is 0 Å². The van der Waals surface area contributed by atoms with Gasteiger partial charge in [-0.15, -0.1) is 0 Å². The van der Waals surface area contributed by atoms with E-state index in [1.807, 2.05) is 67.6 Å². The van der Waals surface area contributed by atoms with Crippen molar-refractivity contribution in [2.24, 2.45) is 4.99 Å². The number of fused-ring (bicyclic) bond motifs is 1. The van der Waals surface area contributed by atoms with Gasteiger partial charge in [0, 0.05) is 17.3 Å². The summed E-state index contributed by atoms with van der Waals surface area (Å²) in [6, 6.07) is 28.1. The van der Waals surface area contributed by atoms with Crippen LogP contribution >= 0.6 is 18.6 Å². The van der Waals surface area contributed by atoms with Gasteiger partial charge in [-0.05, 0) is 53.1 Å². The number of para-hydroxylation sites is 1. The van der Waals surface area contributed by atoms with Gasteiger partial charge in [-0.3, -0.25) is 4.99 Å². The molecule has 0 heterocycles. The summed E-state index contributed by atoms with van der Waals surface area (Å²) in [5.41, 5.74) is 4.52. The summed E-state index contributed by atoms with van der Waals surface area (Å²) in [5.74, 6) is 0.256. The van der Waals surface area contributed by atoms with Crippen molar-refractivity contribution < 1.29 is 22.1 Å². The summed E-state index contributed by atoms with van der Waals surface area (Å²) in [4.78, 5) is 4.49. The molecule has 5 heteroatoms. The van der Waals surface area contributed by atoms with Crippen LogP contribution in [0.1, 0.15) is 11.1 Å². The van der Waals surface area contributed by atoms with Crippen LogP contribution in [0.4, 0.5) is 5.69 Å². The second kappa shape index (κ2) is 10.6. The van der Waals surface area contributed by atoms with Crippen molar-refractivity contribution in [1.29, 1.82) is 0 Å². The molecule has 0 aliphatic carbocycles. The minimum atomic E-state index is -0.556. The molecule has 1 N–H and O–H groups in total. The number of benzene rings is 4. The first-order valence-electron chi connectivity index (χ1n) is 9.01. The third kappa shape index (κ3) is 5.49. The van der Waals surface area contributed by atoms with Crippen molar-refractivity contribution in [1.82, 2.24) is 0 Å². The molecule has 0 saturated heterocycles. The number of aryl methyl sites for hydroxylation is 1. The SMILES string of the molecule is Cc1cc(C=Nc2ccccc2)c(O)c(-c2cccc3ccccc23)c1.[Cl][Ti][Cl]. The number of hydrogen-bond acceptors (Lipinski definition) is 2. The Morgan fingerprint density at radius 3 is 2.24 bits per heavy atom. The predicted molar refractivity (Wildman–Crippen MR) is 121 cm³/mol. The number of aliphatic imine (C=N–C) groups is 1. The topological polar surface area (TPSA) is 32.6 Å². The fourth-order valence-electron chi connectivity index (χ4n) is 3.23. The van der Waals surface area contributed by atoms with Crippen molar-refractivity contribution in [3.05, 3.63) is 96.1 Å². The average Bonchev–Trinajstić information content (AvgIpc) is 2.75. The van der Waals surface area contributed by atoms with E-state index in [-0.39, 0.29) is 5.75 Å². The monoisotopic (exact) mass is 455 g/mol. The third-order valence-corrected chi connectivity index (χ3v) is 4.47. The molecule has 29 heavy (non-hydrogen) atoms. The number of halogens is 2. The number of phenols is 1. The van der Waals surface area contributed by atoms with E-state index in [4.69, 9.17) is 18.6 Å². The number of aromatic hydroxyl groups is 1. The number of nitrogens with zero attached hydrogens (tertiary/aromatic N) is 1. The normalized spacial score (nSPS) is 10.6. The van der Waals surface area contributed by atoms with Crippen LogP contribution in [0.15, 0.2) is 89.9 Å². The second-order valence-corrected chi connectivity index (χ2v) is 9.02. The van der Waals surface area contributed by atoms with Gasteiger partial charge < -0.3 is 5.11 Å². The molecule has 0 unspecified atom stereocenters. The number of phenolic OH excluding ortho intramolecular Hbond substituents is 1. The maximum atomic E-state index is 10.9. The van der Waals surface area contributed by atoms with Crippen molar-refractivity contribution >= 4 is 41.3 Å². The van der Waals surface area contributed by atoms with Crippen LogP contribution in [0.25, 0.3) is 21.9 Å². The molecule has 0 radical (unpaired) electrons. The van der Waals surface area contributed by atoms with Crippen LogP contribution in [-0.4, -0.2) is 11.3 Å². The first kappa shape index (κ1) is 21.6. The molecule has 0 spiro atoms. The van der Waals surface area contributed by atoms with Gasteiger partial charge in [-0.1, -0.05) is 60.7 Å². The molecule has 144 valence electrons. The molecule has 4 aromatic carbocycles. The van der Waals surface area contributed by atoms with Gasteiger partial charge in [0.15, 0.2) is 0 Å². The van der Waals surface area contributed by atoms with Gasteiger partial charge in [0.05, 0.1) is 5.69 Å². The summed E-state index contributed by atoms with van der Waals surface area (Å²) in [6.45, 7) is 2.04. The zero-order valence-corrected chi connectivity index (χ0v) is 18.9. The molecule has 4 rings (SSSR count). The molecule has 0 bridgehead atoms. The van der Waals surface area contributed by atoms with Crippen molar-refractivity contribution in [2.45, 2.75) is 6.92 Å². The molecule has 0 aliphatic heterocycles. The van der Waals surface area contributed by atoms with Crippen LogP contribution < -0.4 is 0 Å². The fraction of sp³-hybridized carbons (Fsp3) is 0.0417. The second-order valence-electron chi connectivity index (χ2n) is 6.44. The molecule has 0 aliphatic rings. The average molecular weight is 456 g/mol. The van der Waals surface area contributed by atoms with E-state index in [1.54, 1.807) is 6.21 Å². The quantitative estimate of drug-likeness (QED) is 0.249. The number of rotatable bonds is 3. The van der Waals surface area contributed by atoms with E-state index in [0.717, 1.165) is 38.7 Å². The molecule has 2 nitrogen and oxygen atoms in total. The first-order valence-corrected chi connectivity index (χ1v) is 13.3. The Labute approximate surface area is 187 Å². The van der Waals surface area contributed by atoms with E-state index < -0.39 is 17.0 Å². The Morgan fingerprint density at radius 1 is 0.828 bits per heavy atom. The zero-order chi connectivity index (χ0) is 20.6. The van der Waals surface area contributed by atoms with Gasteiger partial charge in [-0.25, -0.2) is 0 Å². The van der Waals surface area contributed by atoms with Crippen molar-refractivity contribution in [3.8, 4) is 16.9 Å². The minimum absolute atomic E-state index is 0.256. The van der Waals surface area contributed by atoms with Crippen LogP contribution in [0.5, 0.6) is 5.75 Å². The zero-order valence-electron chi connectivity index (χ0n) is 15.8. The maximum absolute atomic E-state index is 10.9. The molecule has 0 aromatic heterocycles. The molecular weight excluding hydrogens is 437 g/mol. The molecular formula is C24H19Cl2NOTi. The summed E-state index contributed by atoms with van der Waals surface area (Å²) < 4.78 is 0. The molecule has 0 amide bonds. The van der Waals surface area contributed by atoms with Gasteiger partial charge in [-0.2, -0.15) is 0 Å². The van der Waals surface area contributed by atoms with Gasteiger partial charge in [0.25, 0.3) is 0 Å². The molecule has 4 aromatic rings. The summed E-state index contributed by atoms with van der Waals surface area (Å²) in [6.07, 6.45) is 1.73. The Morgan fingerprint density at radius 2 is 1.48 bits per heavy atom. The Kier molecular flexibility index (Phi) is 7.91. The van der Waals surface area contributed by atoms with Gasteiger partial charge in [0.1, 0.15) is 5.75 Å². The Bertz CT molecular complexity index is 1120. The van der Waals surface area contributed by atoms with Crippen molar-refractivity contribution in [2.75, 3.05) is 0 Å². The first-order chi connectivity index (χ1) is 14.1. The van der Waals surface area contributed by atoms with Gasteiger partial charge in [0.2, 0.25) is 0 Å². The molecule has 0 saturated carbocycles. The molecule has 0 atom stereocenters. The Hall–Kier alpha value is -2.10. The van der Waals surface area contributed by atoms with E-state index in [0.29, 0.717) is 0 Å². The number of hydrogen-bond donors (Lipinski definition) is 1. The van der Waals surface area contributed by atoms with E-state index in [9.17, 15) is 5.11 Å². The summed E-state index contributed by atoms with van der Waals surface area (Å²) >= 11 is -0.556. The fourth-order valence-corrected chi connectivity index (χ4v) is 3.23. The van der Waals surface area contributed by atoms with E-state index in [1.165, 1.54) is 0 Å². The van der Waals surface area contributed by atoms with Crippen LogP contribution in [-0.2, 0) is 17.0 Å². The third-order valence-electron chi connectivity index (χ3n) is 4.47. The van der Waals surface area contributed by atoms with Gasteiger partial charge >= 0.3 is 35.6 Å². The van der Waals surface area contributed by atoms with Crippen LogP contribution in [0.2, 0.25) is 0 Å².